The quantitative estimate of drug-likeness (QED) is 0.629. The van der Waals surface area contributed by atoms with Crippen LogP contribution in [0.15, 0.2) is 0 Å². The Kier molecular flexibility index (Phi) is 1.83. The first-order valence-corrected chi connectivity index (χ1v) is 6.69. The minimum absolute atomic E-state index is 0.914. The molecular formula is C14H24. The van der Waals surface area contributed by atoms with E-state index in [1.54, 1.807) is 12.8 Å². The zero-order chi connectivity index (χ0) is 9.92. The fourth-order valence-electron chi connectivity index (χ4n) is 4.28. The fraction of sp³-hybridized carbons (Fsp3) is 1.00. The summed E-state index contributed by atoms with van der Waals surface area (Å²) in [6, 6.07) is 0. The van der Waals surface area contributed by atoms with E-state index in [-0.39, 0.29) is 0 Å². The largest absolute Gasteiger partial charge is 0.0654 e. The zero-order valence-electron chi connectivity index (χ0n) is 9.92. The van der Waals surface area contributed by atoms with Crippen molar-refractivity contribution >= 4 is 0 Å². The number of rotatable bonds is 4. The molecule has 1 spiro atoms. The molecule has 6 atom stereocenters. The van der Waals surface area contributed by atoms with Crippen LogP contribution in [0.2, 0.25) is 0 Å². The molecule has 0 N–H and O–H groups in total. The van der Waals surface area contributed by atoms with Gasteiger partial charge in [-0.05, 0) is 54.3 Å². The van der Waals surface area contributed by atoms with Gasteiger partial charge in [0.25, 0.3) is 0 Å². The van der Waals surface area contributed by atoms with E-state index in [0.29, 0.717) is 0 Å². The summed E-state index contributed by atoms with van der Waals surface area (Å²) in [5.74, 6) is 5.53. The van der Waals surface area contributed by atoms with E-state index in [9.17, 15) is 0 Å². The lowest BCUT2D eigenvalue weighted by atomic mass is 9.96. The number of hydrogen-bond acceptors (Lipinski definition) is 0. The van der Waals surface area contributed by atoms with E-state index >= 15 is 0 Å². The van der Waals surface area contributed by atoms with Crippen LogP contribution < -0.4 is 0 Å². The molecule has 14 heavy (non-hydrogen) atoms. The Balaban J connectivity index is 1.54. The van der Waals surface area contributed by atoms with Crippen LogP contribution in [0, 0.1) is 35.0 Å². The highest BCUT2D eigenvalue weighted by Crippen LogP contribution is 2.79. The minimum atomic E-state index is 0.914. The molecule has 0 aromatic rings. The van der Waals surface area contributed by atoms with Crippen molar-refractivity contribution in [2.75, 3.05) is 0 Å². The Hall–Kier alpha value is 0. The second-order valence-corrected chi connectivity index (χ2v) is 6.47. The van der Waals surface area contributed by atoms with Crippen molar-refractivity contribution in [3.05, 3.63) is 0 Å². The molecule has 3 saturated carbocycles. The molecule has 3 rings (SSSR count). The molecule has 6 unspecified atom stereocenters. The first-order chi connectivity index (χ1) is 6.69. The first-order valence-electron chi connectivity index (χ1n) is 6.69. The van der Waals surface area contributed by atoms with Gasteiger partial charge in [-0.15, -0.1) is 0 Å². The molecule has 3 aliphatic carbocycles. The Labute approximate surface area is 88.5 Å². The van der Waals surface area contributed by atoms with Crippen molar-refractivity contribution in [2.24, 2.45) is 35.0 Å². The van der Waals surface area contributed by atoms with Gasteiger partial charge in [0.2, 0.25) is 0 Å². The highest BCUT2D eigenvalue weighted by molar-refractivity contribution is 5.20. The predicted octanol–water partition coefficient (Wildman–Crippen LogP) is 4.10. The summed E-state index contributed by atoms with van der Waals surface area (Å²) >= 11 is 0. The van der Waals surface area contributed by atoms with Crippen LogP contribution in [0.4, 0.5) is 0 Å². The third-order valence-corrected chi connectivity index (χ3v) is 5.58. The van der Waals surface area contributed by atoms with Gasteiger partial charge in [0.1, 0.15) is 0 Å². The van der Waals surface area contributed by atoms with Gasteiger partial charge in [-0.2, -0.15) is 0 Å². The van der Waals surface area contributed by atoms with E-state index in [1.165, 1.54) is 19.3 Å². The van der Waals surface area contributed by atoms with E-state index < -0.39 is 0 Å². The summed E-state index contributed by atoms with van der Waals surface area (Å²) in [5.41, 5.74) is 0.914. The van der Waals surface area contributed by atoms with Crippen molar-refractivity contribution in [2.45, 2.75) is 52.9 Å². The Morgan fingerprint density at radius 1 is 1.36 bits per heavy atom. The van der Waals surface area contributed by atoms with Crippen LogP contribution >= 0.6 is 0 Å². The molecule has 0 nitrogen and oxygen atoms in total. The van der Waals surface area contributed by atoms with Gasteiger partial charge in [0.15, 0.2) is 0 Å². The van der Waals surface area contributed by atoms with Gasteiger partial charge in [0, 0.05) is 0 Å². The van der Waals surface area contributed by atoms with Crippen molar-refractivity contribution in [1.82, 2.24) is 0 Å². The minimum Gasteiger partial charge on any atom is -0.0654 e. The molecule has 0 amide bonds. The molecule has 0 heterocycles. The molecule has 0 heteroatoms. The average Bonchev–Trinajstić information content (AvgIpc) is 3.00. The third kappa shape index (κ3) is 1.19. The maximum Gasteiger partial charge on any atom is -0.0232 e. The summed E-state index contributed by atoms with van der Waals surface area (Å²) in [5, 5.41) is 0. The average molecular weight is 192 g/mol. The van der Waals surface area contributed by atoms with Crippen LogP contribution in [0.3, 0.4) is 0 Å². The molecule has 0 saturated heterocycles. The lowest BCUT2D eigenvalue weighted by Crippen LogP contribution is -2.04. The van der Waals surface area contributed by atoms with Gasteiger partial charge in [0.05, 0.1) is 0 Å². The van der Waals surface area contributed by atoms with Gasteiger partial charge >= 0.3 is 0 Å². The highest BCUT2D eigenvalue weighted by atomic mass is 14.8. The smallest absolute Gasteiger partial charge is 0.0232 e. The molecule has 0 aromatic carbocycles. The third-order valence-electron chi connectivity index (χ3n) is 5.58. The van der Waals surface area contributed by atoms with Crippen LogP contribution in [0.1, 0.15) is 52.9 Å². The van der Waals surface area contributed by atoms with Crippen LogP contribution in [0.5, 0.6) is 0 Å². The second kappa shape index (κ2) is 2.77. The van der Waals surface area contributed by atoms with E-state index in [2.05, 4.69) is 20.8 Å². The van der Waals surface area contributed by atoms with Crippen molar-refractivity contribution in [3.8, 4) is 0 Å². The Morgan fingerprint density at radius 3 is 2.64 bits per heavy atom. The van der Waals surface area contributed by atoms with Crippen LogP contribution in [-0.4, -0.2) is 0 Å². The van der Waals surface area contributed by atoms with Gasteiger partial charge in [-0.25, -0.2) is 0 Å². The highest BCUT2D eigenvalue weighted by Gasteiger charge is 2.71. The maximum absolute atomic E-state index is 2.54. The molecular weight excluding hydrogens is 168 g/mol. The van der Waals surface area contributed by atoms with Gasteiger partial charge in [-0.1, -0.05) is 33.6 Å². The predicted molar refractivity (Wildman–Crippen MR) is 60.0 cm³/mol. The molecule has 3 aliphatic rings. The van der Waals surface area contributed by atoms with Gasteiger partial charge < -0.3 is 0 Å². The van der Waals surface area contributed by atoms with E-state index in [1.807, 2.05) is 0 Å². The fourth-order valence-corrected chi connectivity index (χ4v) is 4.28. The lowest BCUT2D eigenvalue weighted by Gasteiger charge is -2.09. The van der Waals surface area contributed by atoms with Crippen LogP contribution in [-0.2, 0) is 0 Å². The van der Waals surface area contributed by atoms with Crippen molar-refractivity contribution < 1.29 is 0 Å². The summed E-state index contributed by atoms with van der Waals surface area (Å²) in [6.07, 6.45) is 7.65. The standard InChI is InChI=1S/C14H24/c1-4-5-11-7-14(11)8-13(14)10(3)12-6-9(12)2/h9-13H,4-8H2,1-3H3. The maximum atomic E-state index is 2.54. The summed E-state index contributed by atoms with van der Waals surface area (Å²) in [6.45, 7) is 7.32. The summed E-state index contributed by atoms with van der Waals surface area (Å²) < 4.78 is 0. The van der Waals surface area contributed by atoms with Crippen LogP contribution in [0.25, 0.3) is 0 Å². The molecule has 3 fully saturated rings. The lowest BCUT2D eigenvalue weighted by molar-refractivity contribution is 0.388. The normalized spacial score (nSPS) is 55.9. The summed E-state index contributed by atoms with van der Waals surface area (Å²) in [7, 11) is 0. The Bertz CT molecular complexity index is 244. The topological polar surface area (TPSA) is 0 Å². The Morgan fingerprint density at radius 2 is 2.07 bits per heavy atom. The van der Waals surface area contributed by atoms with E-state index in [4.69, 9.17) is 0 Å². The molecule has 0 radical (unpaired) electrons. The molecule has 0 aromatic heterocycles. The SMILES string of the molecule is CCCC1CC12CC2C(C)C1CC1C. The molecule has 0 aliphatic heterocycles. The molecule has 0 bridgehead atoms. The van der Waals surface area contributed by atoms with Crippen molar-refractivity contribution in [3.63, 3.8) is 0 Å². The van der Waals surface area contributed by atoms with E-state index in [0.717, 1.165) is 35.0 Å². The zero-order valence-corrected chi connectivity index (χ0v) is 9.92. The van der Waals surface area contributed by atoms with Gasteiger partial charge in [-0.3, -0.25) is 0 Å². The summed E-state index contributed by atoms with van der Waals surface area (Å²) in [4.78, 5) is 0. The first kappa shape index (κ1) is 9.24. The monoisotopic (exact) mass is 192 g/mol. The molecule has 80 valence electrons. The second-order valence-electron chi connectivity index (χ2n) is 6.47. The number of hydrogen-bond donors (Lipinski definition) is 0. The van der Waals surface area contributed by atoms with Crippen molar-refractivity contribution in [1.29, 1.82) is 0 Å².